The number of nitrogens with one attached hydrogen (secondary N) is 1. The molecule has 1 unspecified atom stereocenters. The molecule has 25 heavy (non-hydrogen) atoms. The second-order valence-electron chi connectivity index (χ2n) is 6.09. The number of aromatic nitrogens is 2. The van der Waals surface area contributed by atoms with Crippen molar-refractivity contribution in [2.75, 3.05) is 6.54 Å². The van der Waals surface area contributed by atoms with E-state index in [-0.39, 0.29) is 5.82 Å². The number of halogens is 1. The molecule has 1 aromatic heterocycles. The molecule has 0 radical (unpaired) electrons. The molecule has 4 nitrogen and oxygen atoms in total. The van der Waals surface area contributed by atoms with Crippen LogP contribution in [0.3, 0.4) is 0 Å². The van der Waals surface area contributed by atoms with Gasteiger partial charge in [0.1, 0.15) is 5.82 Å². The van der Waals surface area contributed by atoms with Crippen molar-refractivity contribution in [2.24, 2.45) is 0 Å². The van der Waals surface area contributed by atoms with Gasteiger partial charge in [-0.1, -0.05) is 30.3 Å². The van der Waals surface area contributed by atoms with E-state index in [2.05, 4.69) is 10.4 Å². The van der Waals surface area contributed by atoms with Gasteiger partial charge in [0.15, 0.2) is 0 Å². The van der Waals surface area contributed by atoms with Crippen LogP contribution < -0.4 is 5.32 Å². The van der Waals surface area contributed by atoms with E-state index in [9.17, 15) is 9.50 Å². The topological polar surface area (TPSA) is 50.1 Å². The van der Waals surface area contributed by atoms with Gasteiger partial charge in [-0.3, -0.25) is 0 Å². The molecule has 2 aromatic carbocycles. The second kappa shape index (κ2) is 7.59. The van der Waals surface area contributed by atoms with Crippen molar-refractivity contribution >= 4 is 0 Å². The van der Waals surface area contributed by atoms with Crippen LogP contribution in [0.5, 0.6) is 0 Å². The van der Waals surface area contributed by atoms with E-state index >= 15 is 0 Å². The molecule has 1 heterocycles. The Balaban J connectivity index is 1.65. The predicted octanol–water partition coefficient (Wildman–Crippen LogP) is 3.45. The zero-order valence-electron chi connectivity index (χ0n) is 14.4. The summed E-state index contributed by atoms with van der Waals surface area (Å²) in [6.07, 6.45) is -0.676. The van der Waals surface area contributed by atoms with Gasteiger partial charge in [0.2, 0.25) is 0 Å². The number of aliphatic hydroxyl groups excluding tert-OH is 1. The molecular formula is C20H22FN3O. The van der Waals surface area contributed by atoms with Gasteiger partial charge in [0.05, 0.1) is 17.5 Å². The van der Waals surface area contributed by atoms with Crippen LogP contribution in [0.15, 0.2) is 54.6 Å². The number of benzene rings is 2. The average Bonchev–Trinajstić information content (AvgIpc) is 2.91. The first-order chi connectivity index (χ1) is 12.1. The van der Waals surface area contributed by atoms with Gasteiger partial charge in [0.25, 0.3) is 0 Å². The third-order valence-corrected chi connectivity index (χ3v) is 4.34. The molecule has 0 amide bonds. The van der Waals surface area contributed by atoms with Crippen LogP contribution in [0.25, 0.3) is 5.69 Å². The fourth-order valence-electron chi connectivity index (χ4n) is 2.89. The highest BCUT2D eigenvalue weighted by Crippen LogP contribution is 2.18. The highest BCUT2D eigenvalue weighted by molar-refractivity contribution is 5.36. The molecular weight excluding hydrogens is 317 g/mol. The highest BCUT2D eigenvalue weighted by Gasteiger charge is 2.13. The third-order valence-electron chi connectivity index (χ3n) is 4.34. The van der Waals surface area contributed by atoms with Crippen molar-refractivity contribution in [2.45, 2.75) is 26.5 Å². The maximum absolute atomic E-state index is 12.9. The summed E-state index contributed by atoms with van der Waals surface area (Å²) in [5, 5.41) is 18.1. The fraction of sp³-hybridized carbons (Fsp3) is 0.250. The highest BCUT2D eigenvalue weighted by atomic mass is 19.1. The number of nitrogens with zero attached hydrogens (tertiary/aromatic N) is 2. The Labute approximate surface area is 146 Å². The minimum Gasteiger partial charge on any atom is -0.387 e. The number of aliphatic hydroxyl groups is 1. The average molecular weight is 339 g/mol. The van der Waals surface area contributed by atoms with Crippen molar-refractivity contribution in [3.8, 4) is 5.69 Å². The van der Waals surface area contributed by atoms with Crippen LogP contribution in [-0.4, -0.2) is 21.4 Å². The van der Waals surface area contributed by atoms with Gasteiger partial charge in [-0.05, 0) is 43.7 Å². The molecule has 3 aromatic rings. The fourth-order valence-corrected chi connectivity index (χ4v) is 2.89. The Morgan fingerprint density at radius 2 is 1.76 bits per heavy atom. The molecule has 5 heteroatoms. The Bertz CT molecular complexity index is 828. The van der Waals surface area contributed by atoms with E-state index in [0.717, 1.165) is 22.6 Å². The molecule has 0 fully saturated rings. The van der Waals surface area contributed by atoms with Crippen molar-refractivity contribution in [1.29, 1.82) is 0 Å². The van der Waals surface area contributed by atoms with Gasteiger partial charge in [-0.25, -0.2) is 9.07 Å². The van der Waals surface area contributed by atoms with Crippen molar-refractivity contribution in [3.63, 3.8) is 0 Å². The summed E-state index contributed by atoms with van der Waals surface area (Å²) in [6.45, 7) is 5.03. The summed E-state index contributed by atoms with van der Waals surface area (Å²) in [4.78, 5) is 0. The van der Waals surface area contributed by atoms with E-state index in [0.29, 0.717) is 18.7 Å². The number of rotatable bonds is 6. The van der Waals surface area contributed by atoms with Crippen LogP contribution in [0.4, 0.5) is 4.39 Å². The maximum Gasteiger partial charge on any atom is 0.123 e. The lowest BCUT2D eigenvalue weighted by Gasteiger charge is -2.12. The summed E-state index contributed by atoms with van der Waals surface area (Å²) < 4.78 is 14.9. The molecule has 0 aliphatic carbocycles. The minimum absolute atomic E-state index is 0.302. The Kier molecular flexibility index (Phi) is 5.26. The first-order valence-electron chi connectivity index (χ1n) is 8.31. The lowest BCUT2D eigenvalue weighted by molar-refractivity contribution is 0.174. The molecule has 0 spiro atoms. The Hall–Kier alpha value is -2.50. The molecule has 2 N–H and O–H groups in total. The van der Waals surface area contributed by atoms with E-state index in [1.54, 1.807) is 12.1 Å². The summed E-state index contributed by atoms with van der Waals surface area (Å²) in [7, 11) is 0. The van der Waals surface area contributed by atoms with Gasteiger partial charge in [-0.2, -0.15) is 5.10 Å². The van der Waals surface area contributed by atoms with Gasteiger partial charge in [0, 0.05) is 24.3 Å². The quantitative estimate of drug-likeness (QED) is 0.723. The Morgan fingerprint density at radius 1 is 1.08 bits per heavy atom. The van der Waals surface area contributed by atoms with Crippen LogP contribution in [-0.2, 0) is 6.54 Å². The number of aryl methyl sites for hydroxylation is 1. The van der Waals surface area contributed by atoms with Gasteiger partial charge < -0.3 is 10.4 Å². The smallest absolute Gasteiger partial charge is 0.123 e. The Morgan fingerprint density at radius 3 is 2.44 bits per heavy atom. The maximum atomic E-state index is 12.9. The molecule has 1 atom stereocenters. The monoisotopic (exact) mass is 339 g/mol. The largest absolute Gasteiger partial charge is 0.387 e. The SMILES string of the molecule is Cc1nn(-c2ccccc2)c(C)c1CNCC(O)c1ccc(F)cc1. The minimum atomic E-state index is -0.676. The van der Waals surface area contributed by atoms with Gasteiger partial charge >= 0.3 is 0 Å². The second-order valence-corrected chi connectivity index (χ2v) is 6.09. The lowest BCUT2D eigenvalue weighted by Crippen LogP contribution is -2.21. The molecule has 0 aliphatic rings. The predicted molar refractivity (Wildman–Crippen MR) is 96.1 cm³/mol. The molecule has 0 saturated carbocycles. The zero-order chi connectivity index (χ0) is 17.8. The first kappa shape index (κ1) is 17.3. The summed E-state index contributed by atoms with van der Waals surface area (Å²) in [6, 6.07) is 15.9. The summed E-state index contributed by atoms with van der Waals surface area (Å²) >= 11 is 0. The number of para-hydroxylation sites is 1. The molecule has 0 bridgehead atoms. The van der Waals surface area contributed by atoms with Crippen LogP contribution >= 0.6 is 0 Å². The van der Waals surface area contributed by atoms with E-state index in [4.69, 9.17) is 0 Å². The first-order valence-corrected chi connectivity index (χ1v) is 8.31. The summed E-state index contributed by atoms with van der Waals surface area (Å²) in [5.74, 6) is -0.302. The third kappa shape index (κ3) is 3.95. The van der Waals surface area contributed by atoms with Crippen molar-refractivity contribution in [3.05, 3.63) is 82.9 Å². The van der Waals surface area contributed by atoms with Crippen LogP contribution in [0.1, 0.15) is 28.6 Å². The molecule has 0 aliphatic heterocycles. The van der Waals surface area contributed by atoms with Crippen molar-refractivity contribution < 1.29 is 9.50 Å². The zero-order valence-corrected chi connectivity index (χ0v) is 14.4. The van der Waals surface area contributed by atoms with Crippen LogP contribution in [0, 0.1) is 19.7 Å². The standard InChI is InChI=1S/C20H22FN3O/c1-14-19(15(2)24(23-14)18-6-4-3-5-7-18)12-22-13-20(25)16-8-10-17(21)11-9-16/h3-11,20,22,25H,12-13H2,1-2H3. The van der Waals surface area contributed by atoms with E-state index < -0.39 is 6.10 Å². The normalized spacial score (nSPS) is 12.3. The molecule has 130 valence electrons. The van der Waals surface area contributed by atoms with E-state index in [1.807, 2.05) is 48.9 Å². The van der Waals surface area contributed by atoms with E-state index in [1.165, 1.54) is 12.1 Å². The molecule has 0 saturated heterocycles. The molecule has 3 rings (SSSR count). The number of hydrogen-bond donors (Lipinski definition) is 2. The van der Waals surface area contributed by atoms with Gasteiger partial charge in [-0.15, -0.1) is 0 Å². The number of hydrogen-bond acceptors (Lipinski definition) is 3. The van der Waals surface area contributed by atoms with Crippen LogP contribution in [0.2, 0.25) is 0 Å². The van der Waals surface area contributed by atoms with Crippen molar-refractivity contribution in [1.82, 2.24) is 15.1 Å². The summed E-state index contributed by atoms with van der Waals surface area (Å²) in [5.41, 5.74) is 4.88. The lowest BCUT2D eigenvalue weighted by atomic mass is 10.1.